The van der Waals surface area contributed by atoms with Crippen molar-refractivity contribution >= 4 is 29.4 Å². The van der Waals surface area contributed by atoms with Crippen molar-refractivity contribution in [2.45, 2.75) is 45.7 Å². The number of imidazole rings is 1. The number of H-pyrrole nitrogens is 1. The van der Waals surface area contributed by atoms with Crippen molar-refractivity contribution < 1.29 is 4.79 Å². The number of nitrogens with one attached hydrogen (secondary N) is 2. The predicted molar refractivity (Wildman–Crippen MR) is 161 cm³/mol. The van der Waals surface area contributed by atoms with Crippen LogP contribution < -0.4 is 16.0 Å². The third-order valence-electron chi connectivity index (χ3n) is 8.20. The summed E-state index contributed by atoms with van der Waals surface area (Å²) in [5.74, 6) is 0.909. The zero-order valence-electron chi connectivity index (χ0n) is 23.7. The van der Waals surface area contributed by atoms with E-state index in [1.54, 1.807) is 6.20 Å². The number of nitrogens with zero attached hydrogens (tertiary/aromatic N) is 5. The van der Waals surface area contributed by atoms with E-state index in [-0.39, 0.29) is 5.78 Å². The minimum absolute atomic E-state index is 0.0737. The average molecular weight is 542 g/mol. The molecule has 8 heteroatoms. The molecule has 2 unspecified atom stereocenters. The summed E-state index contributed by atoms with van der Waals surface area (Å²) in [6, 6.07) is 8.06. The van der Waals surface area contributed by atoms with Crippen molar-refractivity contribution in [3.63, 3.8) is 0 Å². The summed E-state index contributed by atoms with van der Waals surface area (Å²) in [5, 5.41) is 5.44. The molecule has 2 atom stereocenters. The molecule has 0 aliphatic carbocycles. The standard InChI is InChI=1S/C33H31N7O/c1-20-14-27(11-13-34-20)40-19-29(35-21(40)2)33-12-10-25(38-33)16-24-7-6-22(36-24)15-23-8-9-26(37-23)17-32(5)30(41)31(3,4)28(18-33)39-32/h6-19,36,39H,1-5H3. The highest BCUT2D eigenvalue weighted by Crippen LogP contribution is 2.44. The Morgan fingerprint density at radius 1 is 0.927 bits per heavy atom. The van der Waals surface area contributed by atoms with Crippen LogP contribution in [0.3, 0.4) is 0 Å². The molecule has 8 bridgehead atoms. The fourth-order valence-corrected chi connectivity index (χ4v) is 6.06. The summed E-state index contributed by atoms with van der Waals surface area (Å²) < 4.78 is 2.06. The van der Waals surface area contributed by atoms with Gasteiger partial charge in [-0.05, 0) is 107 Å². The van der Waals surface area contributed by atoms with Gasteiger partial charge in [0.1, 0.15) is 16.9 Å². The zero-order chi connectivity index (χ0) is 28.6. The molecule has 1 saturated heterocycles. The first-order valence-electron chi connectivity index (χ1n) is 13.8. The summed E-state index contributed by atoms with van der Waals surface area (Å²) in [4.78, 5) is 36.7. The molecule has 2 N–H and O–H groups in total. The smallest absolute Gasteiger partial charge is 0.173 e. The number of aliphatic imine (C=N–C) groups is 2. The molecule has 0 aromatic carbocycles. The fraction of sp³-hybridized carbons (Fsp3) is 0.242. The summed E-state index contributed by atoms with van der Waals surface area (Å²) >= 11 is 0. The van der Waals surface area contributed by atoms with Crippen molar-refractivity contribution in [3.8, 4) is 5.69 Å². The number of fused-ring (bicyclic) bond motifs is 6. The number of Topliss-reactive ketones (excluding diaryl/α,β-unsaturated/α-hetero) is 1. The third kappa shape index (κ3) is 4.09. The second-order valence-electron chi connectivity index (χ2n) is 11.8. The monoisotopic (exact) mass is 541 g/mol. The van der Waals surface area contributed by atoms with Crippen LogP contribution in [0.4, 0.5) is 0 Å². The van der Waals surface area contributed by atoms with Gasteiger partial charge in [0.2, 0.25) is 0 Å². The fourth-order valence-electron chi connectivity index (χ4n) is 6.06. The highest BCUT2D eigenvalue weighted by molar-refractivity contribution is 6.20. The van der Waals surface area contributed by atoms with Crippen molar-refractivity contribution in [3.05, 3.63) is 112 Å². The van der Waals surface area contributed by atoms with Crippen molar-refractivity contribution in [2.75, 3.05) is 0 Å². The van der Waals surface area contributed by atoms with Crippen LogP contribution >= 0.6 is 0 Å². The van der Waals surface area contributed by atoms with Crippen LogP contribution in [-0.2, 0) is 10.3 Å². The first-order chi connectivity index (χ1) is 19.5. The number of ketones is 1. The average Bonchev–Trinajstić information content (AvgIpc) is 3.73. The predicted octanol–water partition coefficient (Wildman–Crippen LogP) is 3.43. The zero-order valence-corrected chi connectivity index (χ0v) is 23.7. The van der Waals surface area contributed by atoms with E-state index in [9.17, 15) is 4.79 Å². The van der Waals surface area contributed by atoms with Gasteiger partial charge in [-0.1, -0.05) is 0 Å². The Morgan fingerprint density at radius 3 is 2.49 bits per heavy atom. The molecule has 0 spiro atoms. The second-order valence-corrected chi connectivity index (χ2v) is 11.8. The molecule has 0 amide bonds. The molecule has 41 heavy (non-hydrogen) atoms. The van der Waals surface area contributed by atoms with E-state index in [1.807, 2.05) is 102 Å². The summed E-state index contributed by atoms with van der Waals surface area (Å²) in [6.45, 7) is 9.81. The van der Waals surface area contributed by atoms with Crippen LogP contribution in [0.1, 0.15) is 38.0 Å². The number of allylic oxidation sites excluding steroid dienone is 4. The second kappa shape index (κ2) is 8.57. The van der Waals surface area contributed by atoms with E-state index in [0.29, 0.717) is 0 Å². The number of hydrogen-bond donors (Lipinski definition) is 2. The molecule has 7 heterocycles. The Balaban J connectivity index is 1.46. The lowest BCUT2D eigenvalue weighted by Crippen LogP contribution is -2.41. The van der Waals surface area contributed by atoms with Crippen molar-refractivity contribution in [2.24, 2.45) is 15.4 Å². The van der Waals surface area contributed by atoms with Gasteiger partial charge in [-0.2, -0.15) is 0 Å². The van der Waals surface area contributed by atoms with Crippen LogP contribution in [0.2, 0.25) is 0 Å². The number of aromatic nitrogens is 4. The lowest BCUT2D eigenvalue weighted by Gasteiger charge is -2.24. The van der Waals surface area contributed by atoms with Gasteiger partial charge in [-0.15, -0.1) is 0 Å². The maximum absolute atomic E-state index is 13.9. The van der Waals surface area contributed by atoms with Crippen LogP contribution in [-0.4, -0.2) is 42.3 Å². The molecule has 8 nitrogen and oxygen atoms in total. The molecule has 7 rings (SSSR count). The van der Waals surface area contributed by atoms with Gasteiger partial charge in [0.25, 0.3) is 0 Å². The quantitative estimate of drug-likeness (QED) is 0.519. The van der Waals surface area contributed by atoms with E-state index < -0.39 is 16.5 Å². The van der Waals surface area contributed by atoms with Gasteiger partial charge in [-0.25, -0.2) is 9.98 Å². The van der Waals surface area contributed by atoms with E-state index in [4.69, 9.17) is 15.0 Å². The number of aromatic amines is 1. The van der Waals surface area contributed by atoms with Gasteiger partial charge < -0.3 is 14.9 Å². The summed E-state index contributed by atoms with van der Waals surface area (Å²) in [7, 11) is 0. The normalized spacial score (nSPS) is 25.6. The van der Waals surface area contributed by atoms with Crippen LogP contribution in [0.5, 0.6) is 0 Å². The number of aryl methyl sites for hydroxylation is 2. The molecule has 1 fully saturated rings. The van der Waals surface area contributed by atoms with Crippen molar-refractivity contribution in [1.82, 2.24) is 24.8 Å². The SMILES string of the molecule is Cc1cc(-n2cc(C34C=CC(=N3)C=c3ccc([nH]3)=CC3=NC(=CC5(C)NC(=C4)C(C)(C)C5=O)C=C3)nc2C)ccn1. The van der Waals surface area contributed by atoms with E-state index >= 15 is 0 Å². The topological polar surface area (TPSA) is 100 Å². The van der Waals surface area contributed by atoms with Gasteiger partial charge in [0.15, 0.2) is 5.78 Å². The molecule has 4 aliphatic heterocycles. The van der Waals surface area contributed by atoms with Crippen LogP contribution in [0.25, 0.3) is 17.8 Å². The first-order valence-corrected chi connectivity index (χ1v) is 13.8. The maximum Gasteiger partial charge on any atom is 0.173 e. The van der Waals surface area contributed by atoms with E-state index in [0.717, 1.165) is 56.4 Å². The summed E-state index contributed by atoms with van der Waals surface area (Å²) in [5.41, 5.74) is 3.23. The molecule has 204 valence electrons. The highest BCUT2D eigenvalue weighted by atomic mass is 16.1. The van der Waals surface area contributed by atoms with Gasteiger partial charge in [0, 0.05) is 34.5 Å². The number of pyridine rings is 1. The largest absolute Gasteiger partial charge is 0.373 e. The van der Waals surface area contributed by atoms with Gasteiger partial charge >= 0.3 is 0 Å². The maximum atomic E-state index is 13.9. The molecule has 3 aromatic rings. The molecule has 0 radical (unpaired) electrons. The molecule has 3 aromatic heterocycles. The Morgan fingerprint density at radius 2 is 1.71 bits per heavy atom. The molecule has 4 aliphatic rings. The minimum atomic E-state index is -0.934. The van der Waals surface area contributed by atoms with E-state index in [1.165, 1.54) is 0 Å². The molecule has 0 saturated carbocycles. The number of rotatable bonds is 2. The summed E-state index contributed by atoms with van der Waals surface area (Å²) in [6.07, 6.45) is 19.8. The lowest BCUT2D eigenvalue weighted by molar-refractivity contribution is -0.126. The number of hydrogen-bond acceptors (Lipinski definition) is 6. The van der Waals surface area contributed by atoms with E-state index in [2.05, 4.69) is 32.0 Å². The lowest BCUT2D eigenvalue weighted by atomic mass is 9.79. The van der Waals surface area contributed by atoms with Gasteiger partial charge in [0.05, 0.1) is 33.9 Å². The molecular formula is C33H31N7O. The highest BCUT2D eigenvalue weighted by Gasteiger charge is 2.52. The van der Waals surface area contributed by atoms with Gasteiger partial charge in [-0.3, -0.25) is 14.8 Å². The third-order valence-corrected chi connectivity index (χ3v) is 8.20. The number of carbonyl (C=O) groups excluding carboxylic acids is 1. The first kappa shape index (κ1) is 25.1. The Kier molecular flexibility index (Phi) is 5.26. The van der Waals surface area contributed by atoms with Crippen LogP contribution in [0, 0.1) is 19.3 Å². The Labute approximate surface area is 238 Å². The van der Waals surface area contributed by atoms with Crippen molar-refractivity contribution in [1.29, 1.82) is 0 Å². The van der Waals surface area contributed by atoms with Crippen LogP contribution in [0.15, 0.2) is 94.5 Å². The number of carbonyl (C=O) groups is 1. The minimum Gasteiger partial charge on any atom is -0.373 e. The Bertz CT molecular complexity index is 1960. The molecular weight excluding hydrogens is 510 g/mol. The Hall–Kier alpha value is -4.85.